The molecular weight excluding hydrogens is 343 g/mol. The molecule has 1 N–H and O–H groups in total. The Morgan fingerprint density at radius 2 is 1.68 bits per heavy atom. The minimum atomic E-state index is -3.40. The molecule has 0 unspecified atom stereocenters. The van der Waals surface area contributed by atoms with Crippen LogP contribution in [0, 0.1) is 10.1 Å². The number of nitro groups is 1. The Balaban J connectivity index is 1.88. The molecule has 0 bridgehead atoms. The fourth-order valence-corrected chi connectivity index (χ4v) is 4.32. The van der Waals surface area contributed by atoms with Gasteiger partial charge in [0, 0.05) is 17.8 Å². The summed E-state index contributed by atoms with van der Waals surface area (Å²) >= 11 is 0. The van der Waals surface area contributed by atoms with Crippen LogP contribution >= 0.6 is 7.75 Å². The second kappa shape index (κ2) is 6.96. The van der Waals surface area contributed by atoms with Gasteiger partial charge in [0.1, 0.15) is 0 Å². The van der Waals surface area contributed by atoms with Crippen LogP contribution < -0.4 is 5.09 Å². The fraction of sp³-hybridized carbons (Fsp3) is 0.294. The van der Waals surface area contributed by atoms with Gasteiger partial charge in [-0.1, -0.05) is 6.07 Å². The predicted molar refractivity (Wildman–Crippen MR) is 95.8 cm³/mol. The van der Waals surface area contributed by atoms with E-state index in [9.17, 15) is 14.7 Å². The van der Waals surface area contributed by atoms with Crippen LogP contribution in [0.15, 0.2) is 36.4 Å². The quantitative estimate of drug-likeness (QED) is 0.370. The number of nitrogens with one attached hydrogen (secondary N) is 1. The standard InChI is InChI=1S/C17H19N2O5P/c1-3-23-25(22,24-4-2)18-14-5-7-16-12(10-14)9-13-11-15(19(20)21)6-8-17(13)16/h5-8,10-11H,3-4,9H2,1-2H3,(H,18,22). The number of nitrogens with zero attached hydrogens (tertiary/aromatic N) is 1. The number of non-ortho nitro benzene ring substituents is 1. The second-order valence-electron chi connectivity index (χ2n) is 5.59. The fourth-order valence-electron chi connectivity index (χ4n) is 2.98. The van der Waals surface area contributed by atoms with Crippen molar-refractivity contribution in [1.82, 2.24) is 0 Å². The van der Waals surface area contributed by atoms with Gasteiger partial charge in [0.2, 0.25) is 0 Å². The van der Waals surface area contributed by atoms with Crippen LogP contribution in [-0.4, -0.2) is 18.1 Å². The highest BCUT2D eigenvalue weighted by Crippen LogP contribution is 2.48. The van der Waals surface area contributed by atoms with E-state index in [2.05, 4.69) is 5.09 Å². The second-order valence-corrected chi connectivity index (χ2v) is 7.33. The topological polar surface area (TPSA) is 90.7 Å². The van der Waals surface area contributed by atoms with Crippen molar-refractivity contribution in [1.29, 1.82) is 0 Å². The van der Waals surface area contributed by atoms with Crippen LogP contribution in [0.5, 0.6) is 0 Å². The zero-order valence-corrected chi connectivity index (χ0v) is 14.9. The first-order valence-electron chi connectivity index (χ1n) is 8.03. The van der Waals surface area contributed by atoms with Crippen LogP contribution in [0.25, 0.3) is 11.1 Å². The molecule has 1 aliphatic carbocycles. The van der Waals surface area contributed by atoms with Gasteiger partial charge in [0.25, 0.3) is 5.69 Å². The molecule has 25 heavy (non-hydrogen) atoms. The molecule has 0 saturated carbocycles. The van der Waals surface area contributed by atoms with Crippen LogP contribution in [0.4, 0.5) is 11.4 Å². The number of hydrogen-bond donors (Lipinski definition) is 1. The van der Waals surface area contributed by atoms with E-state index < -0.39 is 12.7 Å². The van der Waals surface area contributed by atoms with Gasteiger partial charge < -0.3 is 0 Å². The van der Waals surface area contributed by atoms with Gasteiger partial charge in [0.15, 0.2) is 0 Å². The summed E-state index contributed by atoms with van der Waals surface area (Å²) in [7, 11) is -3.40. The number of rotatable bonds is 7. The molecule has 0 aromatic heterocycles. The van der Waals surface area contributed by atoms with Gasteiger partial charge in [-0.3, -0.25) is 24.2 Å². The molecule has 0 atom stereocenters. The van der Waals surface area contributed by atoms with Crippen molar-refractivity contribution in [3.8, 4) is 11.1 Å². The summed E-state index contributed by atoms with van der Waals surface area (Å²) in [5, 5.41) is 13.8. The molecule has 1 aliphatic rings. The first kappa shape index (κ1) is 17.6. The Hall–Kier alpha value is -2.21. The smallest absolute Gasteiger partial charge is 0.293 e. The molecule has 0 aliphatic heterocycles. The molecule has 0 radical (unpaired) electrons. The monoisotopic (exact) mass is 362 g/mol. The number of hydrogen-bond acceptors (Lipinski definition) is 5. The highest BCUT2D eigenvalue weighted by atomic mass is 31.2. The third kappa shape index (κ3) is 3.58. The van der Waals surface area contributed by atoms with Gasteiger partial charge in [-0.05, 0) is 60.7 Å². The zero-order valence-electron chi connectivity index (χ0n) is 14.0. The summed E-state index contributed by atoms with van der Waals surface area (Å²) in [4.78, 5) is 10.6. The molecule has 0 fully saturated rings. The molecule has 8 heteroatoms. The molecule has 2 aromatic rings. The summed E-state index contributed by atoms with van der Waals surface area (Å²) < 4.78 is 23.1. The van der Waals surface area contributed by atoms with Gasteiger partial charge in [-0.25, -0.2) is 4.57 Å². The Morgan fingerprint density at radius 1 is 1.08 bits per heavy atom. The van der Waals surface area contributed by atoms with E-state index in [0.717, 1.165) is 22.3 Å². The maximum absolute atomic E-state index is 12.6. The first-order chi connectivity index (χ1) is 12.0. The lowest BCUT2D eigenvalue weighted by Crippen LogP contribution is -2.05. The first-order valence-corrected chi connectivity index (χ1v) is 9.58. The lowest BCUT2D eigenvalue weighted by molar-refractivity contribution is -0.384. The zero-order chi connectivity index (χ0) is 18.0. The summed E-state index contributed by atoms with van der Waals surface area (Å²) in [6, 6.07) is 10.5. The number of nitro benzene ring substituents is 1. The van der Waals surface area contributed by atoms with Crippen molar-refractivity contribution in [2.24, 2.45) is 0 Å². The van der Waals surface area contributed by atoms with Crippen LogP contribution in [0.3, 0.4) is 0 Å². The molecule has 0 saturated heterocycles. The van der Waals surface area contributed by atoms with Crippen LogP contribution in [0.1, 0.15) is 25.0 Å². The Morgan fingerprint density at radius 3 is 2.28 bits per heavy atom. The van der Waals surface area contributed by atoms with Crippen LogP contribution in [0.2, 0.25) is 0 Å². The number of anilines is 1. The molecule has 7 nitrogen and oxygen atoms in total. The highest BCUT2D eigenvalue weighted by Gasteiger charge is 2.26. The van der Waals surface area contributed by atoms with E-state index in [1.54, 1.807) is 32.0 Å². The predicted octanol–water partition coefficient (Wildman–Crippen LogP) is 4.76. The average molecular weight is 362 g/mol. The summed E-state index contributed by atoms with van der Waals surface area (Å²) in [6.45, 7) is 4.04. The van der Waals surface area contributed by atoms with E-state index in [4.69, 9.17) is 9.05 Å². The lowest BCUT2D eigenvalue weighted by Gasteiger charge is -2.19. The van der Waals surface area contributed by atoms with E-state index in [0.29, 0.717) is 12.1 Å². The third-order valence-electron chi connectivity index (χ3n) is 3.94. The molecule has 132 valence electrons. The van der Waals surface area contributed by atoms with E-state index in [1.807, 2.05) is 12.1 Å². The van der Waals surface area contributed by atoms with Crippen molar-refractivity contribution in [2.75, 3.05) is 18.3 Å². The molecular formula is C17H19N2O5P. The van der Waals surface area contributed by atoms with E-state index in [-0.39, 0.29) is 18.9 Å². The van der Waals surface area contributed by atoms with Gasteiger partial charge in [-0.15, -0.1) is 0 Å². The van der Waals surface area contributed by atoms with Crippen LogP contribution in [-0.2, 0) is 20.0 Å². The van der Waals surface area contributed by atoms with Crippen molar-refractivity contribution >= 4 is 19.1 Å². The molecule has 0 spiro atoms. The van der Waals surface area contributed by atoms with Crippen molar-refractivity contribution in [2.45, 2.75) is 20.3 Å². The molecule has 0 heterocycles. The van der Waals surface area contributed by atoms with Crippen molar-refractivity contribution in [3.63, 3.8) is 0 Å². The minimum absolute atomic E-state index is 0.0853. The summed E-state index contributed by atoms with van der Waals surface area (Å²) in [6.07, 6.45) is 0.593. The number of fused-ring (bicyclic) bond motifs is 3. The molecule has 0 amide bonds. The number of benzene rings is 2. The molecule has 2 aromatic carbocycles. The van der Waals surface area contributed by atoms with Crippen molar-refractivity contribution < 1.29 is 18.5 Å². The Labute approximate surface area is 145 Å². The van der Waals surface area contributed by atoms with Gasteiger partial charge >= 0.3 is 7.75 Å². The van der Waals surface area contributed by atoms with Gasteiger partial charge in [0.05, 0.1) is 18.1 Å². The molecule has 3 rings (SSSR count). The Kier molecular flexibility index (Phi) is 4.90. The highest BCUT2D eigenvalue weighted by molar-refractivity contribution is 7.55. The minimum Gasteiger partial charge on any atom is -0.293 e. The lowest BCUT2D eigenvalue weighted by atomic mass is 10.1. The van der Waals surface area contributed by atoms with E-state index in [1.165, 1.54) is 6.07 Å². The van der Waals surface area contributed by atoms with Crippen molar-refractivity contribution in [3.05, 3.63) is 57.6 Å². The van der Waals surface area contributed by atoms with E-state index >= 15 is 0 Å². The average Bonchev–Trinajstić information content (AvgIpc) is 2.91. The SMILES string of the molecule is CCOP(=O)(Nc1ccc2c(c1)Cc1cc([N+](=O)[O-])ccc1-2)OCC. The van der Waals surface area contributed by atoms with Gasteiger partial charge in [-0.2, -0.15) is 0 Å². The maximum atomic E-state index is 12.6. The normalized spacial score (nSPS) is 12.6. The maximum Gasteiger partial charge on any atom is 0.432 e. The largest absolute Gasteiger partial charge is 0.432 e. The summed E-state index contributed by atoms with van der Waals surface area (Å²) in [5.74, 6) is 0. The third-order valence-corrected chi connectivity index (χ3v) is 5.67. The Bertz CT molecular complexity index is 858. The summed E-state index contributed by atoms with van der Waals surface area (Å²) in [5.41, 5.74) is 4.66.